The third-order valence-corrected chi connectivity index (χ3v) is 5.09. The van der Waals surface area contributed by atoms with E-state index in [1.807, 2.05) is 17.9 Å². The van der Waals surface area contributed by atoms with Crippen LogP contribution in [0.2, 0.25) is 0 Å². The smallest absolute Gasteiger partial charge is 0.317 e. The summed E-state index contributed by atoms with van der Waals surface area (Å²) >= 11 is 0. The van der Waals surface area contributed by atoms with E-state index >= 15 is 0 Å². The first-order valence-corrected chi connectivity index (χ1v) is 8.74. The van der Waals surface area contributed by atoms with Crippen molar-refractivity contribution in [3.63, 3.8) is 0 Å². The molecule has 2 aliphatic rings. The highest BCUT2D eigenvalue weighted by molar-refractivity contribution is 5.75. The molecule has 1 aromatic carbocycles. The van der Waals surface area contributed by atoms with Gasteiger partial charge in [-0.05, 0) is 43.5 Å². The van der Waals surface area contributed by atoms with Crippen LogP contribution in [0, 0.1) is 5.82 Å². The molecular formula is C18H24FN3O3. The first-order valence-electron chi connectivity index (χ1n) is 8.74. The van der Waals surface area contributed by atoms with Crippen LogP contribution in [-0.2, 0) is 4.79 Å². The zero-order chi connectivity index (χ0) is 18.0. The van der Waals surface area contributed by atoms with Gasteiger partial charge in [-0.1, -0.05) is 19.1 Å². The number of hydrogen-bond donors (Lipinski definition) is 3. The SMILES string of the molecule is CCN(CC(=O)O)C1CC(NC(=O)NC2CC2c2cccc(F)c2)C1. The Kier molecular flexibility index (Phi) is 5.22. The summed E-state index contributed by atoms with van der Waals surface area (Å²) in [4.78, 5) is 24.8. The highest BCUT2D eigenvalue weighted by Crippen LogP contribution is 2.40. The van der Waals surface area contributed by atoms with Crippen molar-refractivity contribution in [3.8, 4) is 0 Å². The Hall–Kier alpha value is -2.15. The average molecular weight is 349 g/mol. The van der Waals surface area contributed by atoms with Crippen LogP contribution in [0.5, 0.6) is 0 Å². The Bertz CT molecular complexity index is 648. The second-order valence-electron chi connectivity index (χ2n) is 6.90. The second kappa shape index (κ2) is 7.39. The molecule has 2 fully saturated rings. The van der Waals surface area contributed by atoms with E-state index in [0.717, 1.165) is 24.8 Å². The molecule has 25 heavy (non-hydrogen) atoms. The molecule has 0 radical (unpaired) electrons. The summed E-state index contributed by atoms with van der Waals surface area (Å²) in [5.41, 5.74) is 0.918. The summed E-state index contributed by atoms with van der Waals surface area (Å²) in [6.07, 6.45) is 2.37. The lowest BCUT2D eigenvalue weighted by Crippen LogP contribution is -2.56. The van der Waals surface area contributed by atoms with Crippen LogP contribution in [0.15, 0.2) is 24.3 Å². The van der Waals surface area contributed by atoms with Crippen LogP contribution in [-0.4, -0.2) is 53.2 Å². The number of nitrogens with zero attached hydrogens (tertiary/aromatic N) is 1. The third-order valence-electron chi connectivity index (χ3n) is 5.09. The zero-order valence-electron chi connectivity index (χ0n) is 14.2. The molecule has 1 aromatic rings. The molecule has 6 nitrogen and oxygen atoms in total. The molecule has 2 amide bonds. The Morgan fingerprint density at radius 3 is 2.68 bits per heavy atom. The highest BCUT2D eigenvalue weighted by Gasteiger charge is 2.41. The average Bonchev–Trinajstić information content (AvgIpc) is 3.27. The molecule has 7 heteroatoms. The highest BCUT2D eigenvalue weighted by atomic mass is 19.1. The van der Waals surface area contributed by atoms with Crippen LogP contribution < -0.4 is 10.6 Å². The number of likely N-dealkylation sites (N-methyl/N-ethyl adjacent to an activating group) is 1. The number of carboxylic acid groups (broad SMARTS) is 1. The fourth-order valence-electron chi connectivity index (χ4n) is 3.53. The number of carbonyl (C=O) groups excluding carboxylic acids is 1. The lowest BCUT2D eigenvalue weighted by Gasteiger charge is -2.42. The summed E-state index contributed by atoms with van der Waals surface area (Å²) in [7, 11) is 0. The van der Waals surface area contributed by atoms with Gasteiger partial charge in [-0.2, -0.15) is 0 Å². The fourth-order valence-corrected chi connectivity index (χ4v) is 3.53. The van der Waals surface area contributed by atoms with Crippen molar-refractivity contribution >= 4 is 12.0 Å². The van der Waals surface area contributed by atoms with Crippen molar-refractivity contribution in [2.45, 2.75) is 50.2 Å². The Morgan fingerprint density at radius 1 is 1.28 bits per heavy atom. The molecule has 0 heterocycles. The van der Waals surface area contributed by atoms with Gasteiger partial charge in [0.1, 0.15) is 5.82 Å². The van der Waals surface area contributed by atoms with Crippen molar-refractivity contribution in [2.24, 2.45) is 0 Å². The molecule has 2 unspecified atom stereocenters. The number of benzene rings is 1. The summed E-state index contributed by atoms with van der Waals surface area (Å²) < 4.78 is 13.2. The van der Waals surface area contributed by atoms with Crippen LogP contribution in [0.3, 0.4) is 0 Å². The predicted molar refractivity (Wildman–Crippen MR) is 90.9 cm³/mol. The summed E-state index contributed by atoms with van der Waals surface area (Å²) in [5.74, 6) is -0.898. The van der Waals surface area contributed by atoms with E-state index in [1.165, 1.54) is 12.1 Å². The van der Waals surface area contributed by atoms with Crippen LogP contribution in [0.25, 0.3) is 0 Å². The van der Waals surface area contributed by atoms with Gasteiger partial charge >= 0.3 is 12.0 Å². The van der Waals surface area contributed by atoms with E-state index in [0.29, 0.717) is 6.54 Å². The predicted octanol–water partition coefficient (Wildman–Crippen LogP) is 1.92. The maximum Gasteiger partial charge on any atom is 0.317 e. The van der Waals surface area contributed by atoms with Gasteiger partial charge in [0, 0.05) is 24.0 Å². The second-order valence-corrected chi connectivity index (χ2v) is 6.90. The molecular weight excluding hydrogens is 325 g/mol. The van der Waals surface area contributed by atoms with Gasteiger partial charge in [0.05, 0.1) is 6.54 Å². The number of hydrogen-bond acceptors (Lipinski definition) is 3. The molecule has 2 atom stereocenters. The number of urea groups is 1. The monoisotopic (exact) mass is 349 g/mol. The molecule has 0 aromatic heterocycles. The molecule has 136 valence electrons. The quantitative estimate of drug-likeness (QED) is 0.702. The lowest BCUT2D eigenvalue weighted by molar-refractivity contribution is -0.139. The van der Waals surface area contributed by atoms with Gasteiger partial charge in [0.2, 0.25) is 0 Å². The van der Waals surface area contributed by atoms with Crippen molar-refractivity contribution < 1.29 is 19.1 Å². The van der Waals surface area contributed by atoms with Crippen molar-refractivity contribution in [2.75, 3.05) is 13.1 Å². The van der Waals surface area contributed by atoms with Gasteiger partial charge in [-0.15, -0.1) is 0 Å². The maximum atomic E-state index is 13.2. The molecule has 3 N–H and O–H groups in total. The summed E-state index contributed by atoms with van der Waals surface area (Å²) in [6.45, 7) is 2.67. The van der Waals surface area contributed by atoms with Crippen LogP contribution in [0.4, 0.5) is 9.18 Å². The fraction of sp³-hybridized carbons (Fsp3) is 0.556. The number of carbonyl (C=O) groups is 2. The Morgan fingerprint density at radius 2 is 2.04 bits per heavy atom. The molecule has 0 bridgehead atoms. The van der Waals surface area contributed by atoms with Crippen LogP contribution in [0.1, 0.15) is 37.7 Å². The minimum Gasteiger partial charge on any atom is -0.480 e. The number of nitrogens with one attached hydrogen (secondary N) is 2. The molecule has 3 rings (SSSR count). The summed E-state index contributed by atoms with van der Waals surface area (Å²) in [6, 6.07) is 6.65. The Labute approximate surface area is 146 Å². The molecule has 0 spiro atoms. The lowest BCUT2D eigenvalue weighted by atomic mass is 9.85. The topological polar surface area (TPSA) is 81.7 Å². The van der Waals surface area contributed by atoms with Gasteiger partial charge in [0.15, 0.2) is 0 Å². The largest absolute Gasteiger partial charge is 0.480 e. The number of aliphatic carboxylic acids is 1. The zero-order valence-corrected chi connectivity index (χ0v) is 14.2. The van der Waals surface area contributed by atoms with Gasteiger partial charge in [-0.3, -0.25) is 9.69 Å². The van der Waals surface area contributed by atoms with E-state index in [1.54, 1.807) is 6.07 Å². The minimum absolute atomic E-state index is 0.0392. The van der Waals surface area contributed by atoms with Gasteiger partial charge < -0.3 is 15.7 Å². The van der Waals surface area contributed by atoms with E-state index in [4.69, 9.17) is 5.11 Å². The molecule has 0 saturated heterocycles. The maximum absolute atomic E-state index is 13.2. The van der Waals surface area contributed by atoms with Crippen LogP contribution >= 0.6 is 0 Å². The van der Waals surface area contributed by atoms with E-state index in [-0.39, 0.29) is 42.4 Å². The van der Waals surface area contributed by atoms with E-state index in [2.05, 4.69) is 10.6 Å². The van der Waals surface area contributed by atoms with Gasteiger partial charge in [0.25, 0.3) is 0 Å². The van der Waals surface area contributed by atoms with Crippen molar-refractivity contribution in [1.82, 2.24) is 15.5 Å². The normalized spacial score (nSPS) is 27.5. The minimum atomic E-state index is -0.826. The Balaban J connectivity index is 1.38. The summed E-state index contributed by atoms with van der Waals surface area (Å²) in [5, 5.41) is 14.8. The first kappa shape index (κ1) is 17.7. The molecule has 0 aliphatic heterocycles. The van der Waals surface area contributed by atoms with Gasteiger partial charge in [-0.25, -0.2) is 9.18 Å². The number of rotatable bonds is 7. The van der Waals surface area contributed by atoms with Crippen molar-refractivity contribution in [1.29, 1.82) is 0 Å². The van der Waals surface area contributed by atoms with Crippen molar-refractivity contribution in [3.05, 3.63) is 35.6 Å². The number of amides is 2. The molecule has 2 aliphatic carbocycles. The first-order chi connectivity index (χ1) is 12.0. The van der Waals surface area contributed by atoms with E-state index < -0.39 is 5.97 Å². The third kappa shape index (κ3) is 4.48. The van der Waals surface area contributed by atoms with E-state index in [9.17, 15) is 14.0 Å². The molecule has 2 saturated carbocycles. The number of carboxylic acids is 1. The number of halogens is 1. The standard InChI is InChI=1S/C18H24FN3O3/c1-2-22(10-17(23)24)14-7-13(8-14)20-18(25)21-16-9-15(16)11-4-3-5-12(19)6-11/h3-6,13-16H,2,7-10H2,1H3,(H,23,24)(H2,20,21,25).